The maximum absolute atomic E-state index is 2.39. The molecule has 6 aromatic rings. The average Bonchev–Trinajstić information content (AvgIpc) is 3.65. The zero-order valence-electron chi connectivity index (χ0n) is 21.1. The Morgan fingerprint density at radius 3 is 0.889 bits per heavy atom. The van der Waals surface area contributed by atoms with Crippen LogP contribution in [0.4, 0.5) is 0 Å². The van der Waals surface area contributed by atoms with Crippen LogP contribution in [0.15, 0.2) is 47.2 Å². The molecule has 0 aliphatic rings. The standard InChI is InChI=1S/C30H26S6/c1-15-7-9-31-25(15)27-17(3)11-21(33-27)23-13-19(5)29(35-23)30-20(6)14-24(36-30)22-12-18(4)28(34-22)26-16(2)8-10-32-26/h7-14H,1-6H3. The largest absolute Gasteiger partial charge is 0.143 e. The summed E-state index contributed by atoms with van der Waals surface area (Å²) in [5, 5.41) is 4.40. The zero-order valence-corrected chi connectivity index (χ0v) is 26.0. The minimum absolute atomic E-state index is 1.38. The van der Waals surface area contributed by atoms with Gasteiger partial charge in [0.1, 0.15) is 0 Å². The zero-order chi connectivity index (χ0) is 25.1. The van der Waals surface area contributed by atoms with E-state index in [1.807, 2.05) is 68.0 Å². The molecular formula is C30H26S6. The van der Waals surface area contributed by atoms with Crippen LogP contribution >= 0.6 is 68.0 Å². The van der Waals surface area contributed by atoms with Gasteiger partial charge in [0.15, 0.2) is 0 Å². The van der Waals surface area contributed by atoms with Gasteiger partial charge in [0.25, 0.3) is 0 Å². The van der Waals surface area contributed by atoms with Gasteiger partial charge in [0.05, 0.1) is 0 Å². The van der Waals surface area contributed by atoms with Gasteiger partial charge < -0.3 is 0 Å². The fraction of sp³-hybridized carbons (Fsp3) is 0.200. The van der Waals surface area contributed by atoms with Gasteiger partial charge in [-0.2, -0.15) is 0 Å². The van der Waals surface area contributed by atoms with Crippen LogP contribution in [0.1, 0.15) is 33.4 Å². The molecule has 0 aliphatic carbocycles. The van der Waals surface area contributed by atoms with E-state index in [1.165, 1.54) is 82.2 Å². The highest BCUT2D eigenvalue weighted by Crippen LogP contribution is 2.50. The predicted molar refractivity (Wildman–Crippen MR) is 169 cm³/mol. The van der Waals surface area contributed by atoms with Gasteiger partial charge in [-0.1, -0.05) is 0 Å². The summed E-state index contributed by atoms with van der Waals surface area (Å²) in [6.45, 7) is 13.5. The third-order valence-electron chi connectivity index (χ3n) is 6.50. The molecule has 0 aliphatic heterocycles. The fourth-order valence-electron chi connectivity index (χ4n) is 4.53. The van der Waals surface area contributed by atoms with Crippen molar-refractivity contribution in [1.82, 2.24) is 0 Å². The first-order valence-corrected chi connectivity index (χ1v) is 16.8. The van der Waals surface area contributed by atoms with E-state index in [4.69, 9.17) is 0 Å². The van der Waals surface area contributed by atoms with Crippen molar-refractivity contribution < 1.29 is 0 Å². The molecule has 6 heterocycles. The lowest BCUT2D eigenvalue weighted by atomic mass is 10.1. The second-order valence-electron chi connectivity index (χ2n) is 9.36. The highest BCUT2D eigenvalue weighted by Gasteiger charge is 2.20. The fourth-order valence-corrected chi connectivity index (χ4v) is 12.0. The van der Waals surface area contributed by atoms with Gasteiger partial charge in [-0.05, 0) is 122 Å². The Bertz CT molecular complexity index is 1580. The predicted octanol–water partition coefficient (Wildman–Crippen LogP) is 12.2. The van der Waals surface area contributed by atoms with Crippen LogP contribution in [-0.2, 0) is 0 Å². The summed E-state index contributed by atoms with van der Waals surface area (Å²) in [5.41, 5.74) is 8.28. The molecule has 0 unspecified atom stereocenters. The molecule has 0 N–H and O–H groups in total. The van der Waals surface area contributed by atoms with Gasteiger partial charge in [-0.15, -0.1) is 68.0 Å². The van der Waals surface area contributed by atoms with Crippen molar-refractivity contribution in [1.29, 1.82) is 0 Å². The molecular weight excluding hydrogens is 553 g/mol. The van der Waals surface area contributed by atoms with Crippen molar-refractivity contribution in [2.45, 2.75) is 41.5 Å². The Hall–Kier alpha value is -1.80. The van der Waals surface area contributed by atoms with E-state index in [1.54, 1.807) is 0 Å². The van der Waals surface area contributed by atoms with Crippen LogP contribution < -0.4 is 0 Å². The smallest absolute Gasteiger partial charge is 0.0481 e. The number of hydrogen-bond acceptors (Lipinski definition) is 6. The van der Waals surface area contributed by atoms with E-state index in [9.17, 15) is 0 Å². The quantitative estimate of drug-likeness (QED) is 0.191. The highest BCUT2D eigenvalue weighted by atomic mass is 32.1. The number of hydrogen-bond donors (Lipinski definition) is 0. The van der Waals surface area contributed by atoms with Crippen LogP contribution in [0, 0.1) is 41.5 Å². The Labute approximate surface area is 237 Å². The van der Waals surface area contributed by atoms with Crippen LogP contribution in [0.5, 0.6) is 0 Å². The summed E-state index contributed by atoms with van der Waals surface area (Å²) in [6.07, 6.45) is 0. The normalized spacial score (nSPS) is 11.6. The molecule has 182 valence electrons. The first kappa shape index (κ1) is 24.5. The summed E-state index contributed by atoms with van der Waals surface area (Å²) in [4.78, 5) is 14.0. The molecule has 36 heavy (non-hydrogen) atoms. The lowest BCUT2D eigenvalue weighted by Crippen LogP contribution is -1.72. The summed E-state index contributed by atoms with van der Waals surface area (Å²) in [5.74, 6) is 0. The van der Waals surface area contributed by atoms with Crippen LogP contribution in [-0.4, -0.2) is 0 Å². The van der Waals surface area contributed by atoms with Gasteiger partial charge in [-0.3, -0.25) is 0 Å². The maximum Gasteiger partial charge on any atom is 0.0481 e. The molecule has 0 nitrogen and oxygen atoms in total. The van der Waals surface area contributed by atoms with Crippen molar-refractivity contribution in [2.75, 3.05) is 0 Å². The van der Waals surface area contributed by atoms with Gasteiger partial charge in [0.2, 0.25) is 0 Å². The minimum atomic E-state index is 1.38. The number of aryl methyl sites for hydroxylation is 6. The molecule has 0 saturated carbocycles. The third-order valence-corrected chi connectivity index (χ3v) is 14.4. The Kier molecular flexibility index (Phi) is 6.47. The molecule has 0 radical (unpaired) electrons. The molecule has 6 heteroatoms. The summed E-state index contributed by atoms with van der Waals surface area (Å²) >= 11 is 11.5. The van der Waals surface area contributed by atoms with E-state index in [2.05, 4.69) is 88.7 Å². The van der Waals surface area contributed by atoms with Gasteiger partial charge in [0, 0.05) is 48.8 Å². The van der Waals surface area contributed by atoms with E-state index in [0.29, 0.717) is 0 Å². The van der Waals surface area contributed by atoms with E-state index < -0.39 is 0 Å². The number of thiophene rings is 6. The SMILES string of the molecule is Cc1ccsc1-c1sc(-c2cc(C)c(-c3sc(-c4cc(C)c(-c5sccc5C)s4)cc3C)s2)cc1C. The van der Waals surface area contributed by atoms with Gasteiger partial charge >= 0.3 is 0 Å². The van der Waals surface area contributed by atoms with Crippen LogP contribution in [0.25, 0.3) is 48.8 Å². The average molecular weight is 579 g/mol. The Morgan fingerprint density at radius 2 is 0.639 bits per heavy atom. The lowest BCUT2D eigenvalue weighted by Gasteiger charge is -1.97. The monoisotopic (exact) mass is 578 g/mol. The molecule has 0 aromatic carbocycles. The van der Waals surface area contributed by atoms with Crippen molar-refractivity contribution in [3.05, 3.63) is 80.5 Å². The van der Waals surface area contributed by atoms with Gasteiger partial charge in [-0.25, -0.2) is 0 Å². The topological polar surface area (TPSA) is 0 Å². The summed E-state index contributed by atoms with van der Waals surface area (Å²) in [7, 11) is 0. The molecule has 0 saturated heterocycles. The molecule has 0 atom stereocenters. The minimum Gasteiger partial charge on any atom is -0.143 e. The molecule has 0 spiro atoms. The van der Waals surface area contributed by atoms with Crippen molar-refractivity contribution in [3.8, 4) is 48.8 Å². The summed E-state index contributed by atoms with van der Waals surface area (Å²) < 4.78 is 0. The Balaban J connectivity index is 1.36. The molecule has 0 fully saturated rings. The first-order valence-electron chi connectivity index (χ1n) is 11.8. The maximum atomic E-state index is 2.39. The molecule has 6 aromatic heterocycles. The molecule has 0 amide bonds. The second-order valence-corrected chi connectivity index (χ2v) is 15.4. The molecule has 0 bridgehead atoms. The van der Waals surface area contributed by atoms with E-state index in [-0.39, 0.29) is 0 Å². The van der Waals surface area contributed by atoms with Crippen LogP contribution in [0.2, 0.25) is 0 Å². The summed E-state index contributed by atoms with van der Waals surface area (Å²) in [6, 6.07) is 14.0. The van der Waals surface area contributed by atoms with Crippen LogP contribution in [0.3, 0.4) is 0 Å². The highest BCUT2D eigenvalue weighted by molar-refractivity contribution is 7.30. The molecule has 6 rings (SSSR count). The first-order chi connectivity index (χ1) is 17.3. The Morgan fingerprint density at radius 1 is 0.361 bits per heavy atom. The van der Waals surface area contributed by atoms with Crippen molar-refractivity contribution in [3.63, 3.8) is 0 Å². The lowest BCUT2D eigenvalue weighted by molar-refractivity contribution is 1.50. The van der Waals surface area contributed by atoms with Crippen molar-refractivity contribution >= 4 is 68.0 Å². The van der Waals surface area contributed by atoms with E-state index in [0.717, 1.165) is 0 Å². The van der Waals surface area contributed by atoms with E-state index >= 15 is 0 Å². The second kappa shape index (κ2) is 9.50. The third kappa shape index (κ3) is 4.22. The van der Waals surface area contributed by atoms with Crippen molar-refractivity contribution in [2.24, 2.45) is 0 Å². The number of rotatable bonds is 5.